The smallest absolute Gasteiger partial charge is 0.408 e. The molecule has 51 heavy (non-hydrogen) atoms. The third-order valence-corrected chi connectivity index (χ3v) is 11.8. The summed E-state index contributed by atoms with van der Waals surface area (Å²) in [7, 11) is -5.95. The van der Waals surface area contributed by atoms with Crippen LogP contribution in [0.4, 0.5) is 4.79 Å². The van der Waals surface area contributed by atoms with Crippen LogP contribution in [0.25, 0.3) is 0 Å². The lowest BCUT2D eigenvalue weighted by molar-refractivity contribution is -0.0907. The molecule has 0 radical (unpaired) electrons. The lowest BCUT2D eigenvalue weighted by Gasteiger charge is -2.30. The molecule has 2 fully saturated rings. The number of allylic oxidation sites excluding steroid dienone is 5. The number of amides is 1. The van der Waals surface area contributed by atoms with Gasteiger partial charge in [0.15, 0.2) is 6.29 Å². The van der Waals surface area contributed by atoms with Gasteiger partial charge in [-0.25, -0.2) is 13.2 Å². The number of rotatable bonds is 19. The number of hydrogen-bond acceptors (Lipinski definition) is 13. The van der Waals surface area contributed by atoms with Crippen LogP contribution in [-0.2, 0) is 42.7 Å². The Morgan fingerprint density at radius 3 is 2.49 bits per heavy atom. The number of carbonyl (C=O) groups excluding carboxylic acids is 1. The van der Waals surface area contributed by atoms with E-state index >= 15 is 0 Å². The fraction of sp³-hybridized carbons (Fsp3) is 0.588. The number of alkyl carbamates (subject to hydrolysis) is 1. The maximum Gasteiger partial charge on any atom is 0.408 e. The average molecular weight is 756 g/mol. The zero-order chi connectivity index (χ0) is 37.0. The maximum absolute atomic E-state index is 13.8. The highest BCUT2D eigenvalue weighted by molar-refractivity contribution is 7.89. The van der Waals surface area contributed by atoms with Crippen LogP contribution >= 0.6 is 7.60 Å². The highest BCUT2D eigenvalue weighted by Crippen LogP contribution is 2.47. The van der Waals surface area contributed by atoms with E-state index in [0.29, 0.717) is 30.8 Å². The Kier molecular flexibility index (Phi) is 15.3. The Bertz CT molecular complexity index is 1570. The molecule has 15 nitrogen and oxygen atoms in total. The number of fused-ring (bicyclic) bond motifs is 1. The van der Waals surface area contributed by atoms with E-state index in [-0.39, 0.29) is 56.0 Å². The Hall–Kier alpha value is -3.08. The van der Waals surface area contributed by atoms with Crippen molar-refractivity contribution >= 4 is 29.9 Å². The fourth-order valence-corrected chi connectivity index (χ4v) is 8.57. The zero-order valence-corrected chi connectivity index (χ0v) is 31.4. The van der Waals surface area contributed by atoms with Crippen LogP contribution in [0.5, 0.6) is 5.75 Å². The van der Waals surface area contributed by atoms with Crippen molar-refractivity contribution in [2.45, 2.75) is 70.0 Å². The second-order valence-electron chi connectivity index (χ2n) is 12.5. The van der Waals surface area contributed by atoms with Crippen LogP contribution in [0.2, 0.25) is 0 Å². The van der Waals surface area contributed by atoms with E-state index in [1.54, 1.807) is 44.2 Å². The van der Waals surface area contributed by atoms with Crippen LogP contribution in [0, 0.1) is 11.8 Å². The number of nitrogens with zero attached hydrogens (tertiary/aromatic N) is 2. The van der Waals surface area contributed by atoms with Crippen LogP contribution in [0.15, 0.2) is 69.8 Å². The van der Waals surface area contributed by atoms with E-state index in [2.05, 4.69) is 10.5 Å². The third-order valence-electron chi connectivity index (χ3n) is 8.20. The van der Waals surface area contributed by atoms with Gasteiger partial charge in [0.2, 0.25) is 16.4 Å². The van der Waals surface area contributed by atoms with Gasteiger partial charge in [-0.15, -0.1) is 0 Å². The van der Waals surface area contributed by atoms with Gasteiger partial charge in [0, 0.05) is 13.1 Å². The SMILES string of the molecule is CCOP(=O)(CON=CC1=CCC(=C[C@H](NC(=O)OC2CO[C@H]3OCC[C@@H]23)[C@H](O)CN(CC(C)C)S(=O)(=O)c2ccc(OC)cc2)C=C1)OCC. The maximum atomic E-state index is 13.8. The number of hydrogen-bond donors (Lipinski definition) is 2. The fourth-order valence-electron chi connectivity index (χ4n) is 5.73. The number of ether oxygens (including phenoxy) is 4. The first kappa shape index (κ1) is 40.7. The van der Waals surface area contributed by atoms with Gasteiger partial charge < -0.3 is 43.3 Å². The van der Waals surface area contributed by atoms with Crippen LogP contribution in [0.3, 0.4) is 0 Å². The van der Waals surface area contributed by atoms with Crippen molar-refractivity contribution in [1.82, 2.24) is 9.62 Å². The average Bonchev–Trinajstić information content (AvgIpc) is 3.72. The molecule has 2 aliphatic heterocycles. The van der Waals surface area contributed by atoms with E-state index in [0.717, 1.165) is 5.57 Å². The first-order chi connectivity index (χ1) is 24.4. The molecule has 1 amide bonds. The second-order valence-corrected chi connectivity index (χ2v) is 16.5. The van der Waals surface area contributed by atoms with Crippen molar-refractivity contribution in [2.24, 2.45) is 17.0 Å². The summed E-state index contributed by atoms with van der Waals surface area (Å²) < 4.78 is 73.8. The van der Waals surface area contributed by atoms with Crippen molar-refractivity contribution < 1.29 is 55.7 Å². The van der Waals surface area contributed by atoms with Gasteiger partial charge in [-0.3, -0.25) is 4.57 Å². The third kappa shape index (κ3) is 11.7. The minimum absolute atomic E-state index is 0.0464. The molecule has 1 aromatic rings. The number of oxime groups is 1. The number of carbonyl (C=O) groups is 1. The van der Waals surface area contributed by atoms with E-state index in [1.165, 1.54) is 29.8 Å². The first-order valence-electron chi connectivity index (χ1n) is 17.0. The highest BCUT2D eigenvalue weighted by atomic mass is 32.2. The summed E-state index contributed by atoms with van der Waals surface area (Å²) in [5.41, 5.74) is 1.43. The summed E-state index contributed by atoms with van der Waals surface area (Å²) in [4.78, 5) is 18.5. The predicted octanol–water partition coefficient (Wildman–Crippen LogP) is 4.60. The van der Waals surface area contributed by atoms with Gasteiger partial charge in [0.25, 0.3) is 0 Å². The van der Waals surface area contributed by atoms with E-state index in [1.807, 2.05) is 19.9 Å². The van der Waals surface area contributed by atoms with Crippen LogP contribution < -0.4 is 10.1 Å². The second kappa shape index (κ2) is 19.1. The highest BCUT2D eigenvalue weighted by Gasteiger charge is 2.44. The summed E-state index contributed by atoms with van der Waals surface area (Å²) >= 11 is 0. The molecule has 1 aliphatic carbocycles. The van der Waals surface area contributed by atoms with Gasteiger partial charge in [-0.2, -0.15) is 4.31 Å². The molecule has 17 heteroatoms. The standard InChI is InChI=1S/C34H50N3O12PS/c1-6-47-50(40,48-7-2)23-46-35-19-26-10-8-25(9-11-26)18-30(36-34(39)49-32-22-45-33-29(32)16-17-44-33)31(38)21-37(20-24(3)4)51(41,42)28-14-12-27(43-5)13-15-28/h8,10-15,18-19,24,29-33,38H,6-7,9,16-17,20-23H2,1-5H3,(H,36,39)/t29-,30-,31+,32?,33+/m0/s1. The number of sulfonamides is 1. The molecular formula is C34H50N3O12PS. The van der Waals surface area contributed by atoms with Gasteiger partial charge >= 0.3 is 13.7 Å². The number of methoxy groups -OCH3 is 1. The van der Waals surface area contributed by atoms with Gasteiger partial charge in [-0.05, 0) is 68.0 Å². The molecule has 0 saturated carbocycles. The summed E-state index contributed by atoms with van der Waals surface area (Å²) in [5.74, 6) is 0.353. The van der Waals surface area contributed by atoms with Crippen molar-refractivity contribution in [2.75, 3.05) is 53.0 Å². The van der Waals surface area contributed by atoms with Crippen molar-refractivity contribution in [3.63, 3.8) is 0 Å². The summed E-state index contributed by atoms with van der Waals surface area (Å²) in [6.45, 7) is 8.09. The molecule has 284 valence electrons. The molecule has 2 N–H and O–H groups in total. The van der Waals surface area contributed by atoms with Crippen molar-refractivity contribution in [3.05, 3.63) is 59.7 Å². The number of benzene rings is 1. The number of aliphatic hydroxyl groups excluding tert-OH is 1. The minimum atomic E-state index is -4.03. The number of aliphatic hydroxyl groups is 1. The normalized spacial score (nSPS) is 22.7. The predicted molar refractivity (Wildman–Crippen MR) is 189 cm³/mol. The monoisotopic (exact) mass is 755 g/mol. The minimum Gasteiger partial charge on any atom is -0.497 e. The van der Waals surface area contributed by atoms with Crippen molar-refractivity contribution in [3.8, 4) is 5.75 Å². The molecule has 0 spiro atoms. The Labute approximate surface area is 300 Å². The quantitative estimate of drug-likeness (QED) is 0.114. The molecule has 0 aromatic heterocycles. The van der Waals surface area contributed by atoms with E-state index in [9.17, 15) is 22.9 Å². The molecule has 2 heterocycles. The van der Waals surface area contributed by atoms with E-state index < -0.39 is 48.3 Å². The topological polar surface area (TPSA) is 181 Å². The van der Waals surface area contributed by atoms with Gasteiger partial charge in [0.05, 0.1) is 62.7 Å². The molecule has 4 rings (SSSR count). The molecule has 1 aromatic carbocycles. The molecule has 1 unspecified atom stereocenters. The van der Waals surface area contributed by atoms with Crippen LogP contribution in [0.1, 0.15) is 40.5 Å². The molecule has 2 saturated heterocycles. The van der Waals surface area contributed by atoms with Gasteiger partial charge in [0.1, 0.15) is 11.9 Å². The Morgan fingerprint density at radius 1 is 1.14 bits per heavy atom. The van der Waals surface area contributed by atoms with Crippen molar-refractivity contribution in [1.29, 1.82) is 0 Å². The molecule has 3 aliphatic rings. The molecular weight excluding hydrogens is 705 g/mol. The Morgan fingerprint density at radius 2 is 1.86 bits per heavy atom. The molecule has 0 bridgehead atoms. The lowest BCUT2D eigenvalue weighted by Crippen LogP contribution is -2.50. The van der Waals surface area contributed by atoms with Gasteiger partial charge in [-0.1, -0.05) is 43.3 Å². The molecule has 5 atom stereocenters. The summed E-state index contributed by atoms with van der Waals surface area (Å²) in [5, 5.41) is 18.2. The van der Waals surface area contributed by atoms with Crippen LogP contribution in [-0.4, -0.2) is 108 Å². The van der Waals surface area contributed by atoms with E-state index in [4.69, 9.17) is 32.8 Å². The largest absolute Gasteiger partial charge is 0.497 e. The zero-order valence-electron chi connectivity index (χ0n) is 29.7. The Balaban J connectivity index is 1.49. The first-order valence-corrected chi connectivity index (χ1v) is 20.2. The summed E-state index contributed by atoms with van der Waals surface area (Å²) in [6.07, 6.45) is 6.19. The lowest BCUT2D eigenvalue weighted by atomic mass is 9.99. The number of nitrogens with one attached hydrogen (secondary N) is 1. The summed E-state index contributed by atoms with van der Waals surface area (Å²) in [6, 6.07) is 4.99.